The Labute approximate surface area is 119 Å². The van der Waals surface area contributed by atoms with Crippen LogP contribution in [-0.2, 0) is 19.8 Å². The number of imidazole rings is 1. The smallest absolute Gasteiger partial charge is 0.304 e. The van der Waals surface area contributed by atoms with Gasteiger partial charge in [0, 0.05) is 6.20 Å². The van der Waals surface area contributed by atoms with Gasteiger partial charge in [0.1, 0.15) is 5.65 Å². The highest BCUT2D eigenvalue weighted by molar-refractivity contribution is 7.62. The quantitative estimate of drug-likeness (QED) is 0.793. The maximum absolute atomic E-state index is 13.3. The van der Waals surface area contributed by atoms with E-state index in [-0.39, 0.29) is 18.9 Å². The summed E-state index contributed by atoms with van der Waals surface area (Å²) < 4.78 is 63.4. The summed E-state index contributed by atoms with van der Waals surface area (Å²) in [6.45, 7) is 2.94. The molecule has 2 heterocycles. The van der Waals surface area contributed by atoms with E-state index in [9.17, 15) is 17.7 Å². The van der Waals surface area contributed by atoms with E-state index in [0.29, 0.717) is 0 Å². The van der Waals surface area contributed by atoms with Crippen molar-refractivity contribution in [3.05, 3.63) is 30.1 Å². The average molecular weight is 322 g/mol. The minimum atomic E-state index is -4.74. The molecule has 2 aromatic rings. The van der Waals surface area contributed by atoms with Crippen LogP contribution in [-0.4, -0.2) is 22.6 Å². The van der Waals surface area contributed by atoms with E-state index in [1.165, 1.54) is 32.2 Å². The fourth-order valence-electron chi connectivity index (χ4n) is 1.94. The van der Waals surface area contributed by atoms with Crippen LogP contribution in [0.5, 0.6) is 0 Å². The molecule has 9 heteroatoms. The summed E-state index contributed by atoms with van der Waals surface area (Å²) >= 11 is 0. The molecule has 0 saturated heterocycles. The van der Waals surface area contributed by atoms with Gasteiger partial charge in [-0.15, -0.1) is 0 Å². The maximum Gasteiger partial charge on any atom is 0.434 e. The monoisotopic (exact) mass is 322 g/mol. The van der Waals surface area contributed by atoms with Crippen molar-refractivity contribution in [3.63, 3.8) is 0 Å². The molecule has 2 aromatic heterocycles. The number of halogens is 3. The van der Waals surface area contributed by atoms with Gasteiger partial charge < -0.3 is 9.05 Å². The van der Waals surface area contributed by atoms with Crippen LogP contribution in [0.15, 0.2) is 24.4 Å². The lowest BCUT2D eigenvalue weighted by molar-refractivity contribution is -0.141. The first-order valence-corrected chi connectivity index (χ1v) is 7.81. The highest BCUT2D eigenvalue weighted by Crippen LogP contribution is 2.49. The molecule has 0 bridgehead atoms. The zero-order valence-corrected chi connectivity index (χ0v) is 12.3. The van der Waals surface area contributed by atoms with Gasteiger partial charge in [-0.25, -0.2) is 4.98 Å². The van der Waals surface area contributed by atoms with Crippen molar-refractivity contribution in [1.82, 2.24) is 9.38 Å². The van der Waals surface area contributed by atoms with Crippen molar-refractivity contribution in [2.45, 2.75) is 20.0 Å². The largest absolute Gasteiger partial charge is 0.434 e. The molecule has 0 aliphatic heterocycles. The third-order valence-electron chi connectivity index (χ3n) is 2.64. The molecule has 0 aliphatic rings. The predicted molar refractivity (Wildman–Crippen MR) is 70.7 cm³/mol. The van der Waals surface area contributed by atoms with Crippen molar-refractivity contribution in [2.75, 3.05) is 13.2 Å². The van der Waals surface area contributed by atoms with E-state index in [2.05, 4.69) is 4.98 Å². The summed E-state index contributed by atoms with van der Waals surface area (Å²) in [4.78, 5) is 3.82. The molecule has 0 fully saturated rings. The molecule has 0 amide bonds. The van der Waals surface area contributed by atoms with Crippen LogP contribution < -0.4 is 5.44 Å². The maximum atomic E-state index is 13.3. The highest BCUT2D eigenvalue weighted by atomic mass is 31.2. The lowest BCUT2D eigenvalue weighted by Crippen LogP contribution is -2.23. The minimum absolute atomic E-state index is 0.0273. The third kappa shape index (κ3) is 2.97. The Hall–Kier alpha value is -1.37. The number of aromatic nitrogens is 2. The van der Waals surface area contributed by atoms with Gasteiger partial charge in [-0.3, -0.25) is 8.97 Å². The molecule has 0 unspecified atom stereocenters. The molecule has 0 aliphatic carbocycles. The van der Waals surface area contributed by atoms with Crippen molar-refractivity contribution in [2.24, 2.45) is 0 Å². The van der Waals surface area contributed by atoms with Crippen LogP contribution in [0.1, 0.15) is 19.5 Å². The van der Waals surface area contributed by atoms with E-state index in [1.54, 1.807) is 6.07 Å². The van der Waals surface area contributed by atoms with Crippen molar-refractivity contribution < 1.29 is 26.8 Å². The fourth-order valence-corrected chi connectivity index (χ4v) is 3.66. The Bertz CT molecular complexity index is 674. The van der Waals surface area contributed by atoms with E-state index in [4.69, 9.17) is 9.05 Å². The molecule has 0 aromatic carbocycles. The van der Waals surface area contributed by atoms with Gasteiger partial charge in [-0.05, 0) is 26.0 Å². The van der Waals surface area contributed by atoms with Crippen LogP contribution in [0.2, 0.25) is 0 Å². The number of hydrogen-bond donors (Lipinski definition) is 0. The Morgan fingerprint density at radius 2 is 1.86 bits per heavy atom. The highest BCUT2D eigenvalue weighted by Gasteiger charge is 2.45. The fraction of sp³-hybridized carbons (Fsp3) is 0.417. The van der Waals surface area contributed by atoms with Crippen molar-refractivity contribution in [3.8, 4) is 0 Å². The van der Waals surface area contributed by atoms with Crippen LogP contribution in [0, 0.1) is 0 Å². The lowest BCUT2D eigenvalue weighted by atomic mass is 10.4. The van der Waals surface area contributed by atoms with Crippen LogP contribution in [0.4, 0.5) is 13.2 Å². The Morgan fingerprint density at radius 3 is 2.38 bits per heavy atom. The van der Waals surface area contributed by atoms with Crippen LogP contribution in [0.25, 0.3) is 5.65 Å². The SMILES string of the molecule is CCOP(=O)(OCC)c1nc2ccccn2c1C(F)(F)F. The first kappa shape index (κ1) is 16.0. The molecule has 0 spiro atoms. The van der Waals surface area contributed by atoms with Gasteiger partial charge in [0.2, 0.25) is 0 Å². The number of rotatable bonds is 5. The molecule has 0 atom stereocenters. The Kier molecular flexibility index (Phi) is 4.41. The molecule has 5 nitrogen and oxygen atoms in total. The lowest BCUT2D eigenvalue weighted by Gasteiger charge is -2.17. The summed E-state index contributed by atoms with van der Waals surface area (Å²) in [5.74, 6) is 0. The number of hydrogen-bond acceptors (Lipinski definition) is 4. The molecule has 0 saturated carbocycles. The third-order valence-corrected chi connectivity index (χ3v) is 4.66. The average Bonchev–Trinajstić information content (AvgIpc) is 2.79. The van der Waals surface area contributed by atoms with Crippen LogP contribution in [0.3, 0.4) is 0 Å². The first-order valence-electron chi connectivity index (χ1n) is 6.27. The van der Waals surface area contributed by atoms with E-state index >= 15 is 0 Å². The number of nitrogens with zero attached hydrogens (tertiary/aromatic N) is 2. The molecular formula is C12H14F3N2O3P. The molecular weight excluding hydrogens is 308 g/mol. The van der Waals surface area contributed by atoms with Crippen molar-refractivity contribution >= 4 is 18.7 Å². The zero-order valence-electron chi connectivity index (χ0n) is 11.4. The second kappa shape index (κ2) is 5.79. The van der Waals surface area contributed by atoms with E-state index in [0.717, 1.165) is 4.40 Å². The number of alkyl halides is 3. The van der Waals surface area contributed by atoms with E-state index < -0.39 is 24.9 Å². The van der Waals surface area contributed by atoms with Gasteiger partial charge in [0.15, 0.2) is 11.1 Å². The van der Waals surface area contributed by atoms with Gasteiger partial charge in [0.25, 0.3) is 0 Å². The van der Waals surface area contributed by atoms with Crippen LogP contribution >= 0.6 is 7.60 Å². The Balaban J connectivity index is 2.75. The summed E-state index contributed by atoms with van der Waals surface area (Å²) in [5.41, 5.74) is -1.81. The van der Waals surface area contributed by atoms with Gasteiger partial charge in [-0.2, -0.15) is 13.2 Å². The first-order chi connectivity index (χ1) is 9.83. The zero-order chi connectivity index (χ0) is 15.7. The molecule has 21 heavy (non-hydrogen) atoms. The van der Waals surface area contributed by atoms with Crippen molar-refractivity contribution in [1.29, 1.82) is 0 Å². The molecule has 116 valence electrons. The number of fused-ring (bicyclic) bond motifs is 1. The minimum Gasteiger partial charge on any atom is -0.304 e. The summed E-state index contributed by atoms with van der Waals surface area (Å²) in [6.07, 6.45) is -3.53. The molecule has 2 rings (SSSR count). The molecule has 0 radical (unpaired) electrons. The van der Waals surface area contributed by atoms with E-state index in [1.807, 2.05) is 0 Å². The summed E-state index contributed by atoms with van der Waals surface area (Å²) in [5, 5.41) is 0. The Morgan fingerprint density at radius 1 is 1.24 bits per heavy atom. The second-order valence-electron chi connectivity index (χ2n) is 4.04. The summed E-state index contributed by atoms with van der Waals surface area (Å²) in [7, 11) is -4.13. The topological polar surface area (TPSA) is 52.8 Å². The number of pyridine rings is 1. The standard InChI is InChI=1S/C12H14F3N2O3P/c1-3-19-21(18,20-4-2)11-10(12(13,14)15)17-8-6-5-7-9(17)16-11/h5-8H,3-4H2,1-2H3. The van der Waals surface area contributed by atoms with Gasteiger partial charge in [-0.1, -0.05) is 6.07 Å². The van der Waals surface area contributed by atoms with Gasteiger partial charge >= 0.3 is 13.8 Å². The summed E-state index contributed by atoms with van der Waals surface area (Å²) in [6, 6.07) is 4.36. The van der Waals surface area contributed by atoms with Gasteiger partial charge in [0.05, 0.1) is 13.2 Å². The molecule has 0 N–H and O–H groups in total. The predicted octanol–water partition coefficient (Wildman–Crippen LogP) is 3.24. The normalized spacial score (nSPS) is 13.0. The second-order valence-corrected chi connectivity index (χ2v) is 5.98.